The Balaban J connectivity index is 2.29. The molecule has 2 aromatic carbocycles. The Labute approximate surface area is 162 Å². The van der Waals surface area contributed by atoms with Crippen LogP contribution in [0.1, 0.15) is 15.9 Å². The molecule has 0 saturated carbocycles. The fourth-order valence-electron chi connectivity index (χ4n) is 2.05. The number of alkyl halides is 3. The summed E-state index contributed by atoms with van der Waals surface area (Å²) in [6.07, 6.45) is -4.54. The Bertz CT molecular complexity index is 882. The van der Waals surface area contributed by atoms with Crippen molar-refractivity contribution in [2.24, 2.45) is 0 Å². The summed E-state index contributed by atoms with van der Waals surface area (Å²) >= 11 is 5.85. The Morgan fingerprint density at radius 1 is 1.00 bits per heavy atom. The number of rotatable bonds is 6. The predicted molar refractivity (Wildman–Crippen MR) is 91.8 cm³/mol. The molecule has 0 aliphatic rings. The molecule has 0 aliphatic heterocycles. The first-order valence-corrected chi connectivity index (χ1v) is 8.00. The van der Waals surface area contributed by atoms with Crippen LogP contribution >= 0.6 is 11.6 Å². The smallest absolute Gasteiger partial charge is 0.416 e. The number of esters is 2. The second-order valence-corrected chi connectivity index (χ2v) is 5.67. The van der Waals surface area contributed by atoms with E-state index in [-0.39, 0.29) is 27.8 Å². The zero-order valence-corrected chi connectivity index (χ0v) is 15.4. The van der Waals surface area contributed by atoms with Gasteiger partial charge >= 0.3 is 18.1 Å². The molecule has 0 unspecified atom stereocenters. The van der Waals surface area contributed by atoms with E-state index in [4.69, 9.17) is 21.1 Å². The van der Waals surface area contributed by atoms with Crippen LogP contribution in [0.25, 0.3) is 0 Å². The third-order valence-electron chi connectivity index (χ3n) is 3.42. The lowest BCUT2D eigenvalue weighted by atomic mass is 10.2. The maximum Gasteiger partial charge on any atom is 0.416 e. The molecule has 6 nitrogen and oxygen atoms in total. The van der Waals surface area contributed by atoms with Crippen LogP contribution in [0.5, 0.6) is 17.2 Å². The monoisotopic (exact) mass is 418 g/mol. The van der Waals surface area contributed by atoms with Crippen molar-refractivity contribution in [1.29, 1.82) is 0 Å². The van der Waals surface area contributed by atoms with Gasteiger partial charge in [0.1, 0.15) is 22.8 Å². The SMILES string of the molecule is COC(=O)COc1ccc(Oc2ccc(C(F)(F)F)cc2Cl)cc1C(=O)OC. The summed E-state index contributed by atoms with van der Waals surface area (Å²) in [5.74, 6) is -1.36. The molecular formula is C18H14ClF3O6. The van der Waals surface area contributed by atoms with Gasteiger partial charge in [0.2, 0.25) is 0 Å². The predicted octanol–water partition coefficient (Wildman–Crippen LogP) is 4.49. The van der Waals surface area contributed by atoms with Crippen LogP contribution in [-0.4, -0.2) is 32.8 Å². The molecule has 0 saturated heterocycles. The van der Waals surface area contributed by atoms with E-state index in [0.29, 0.717) is 0 Å². The lowest BCUT2D eigenvalue weighted by Gasteiger charge is -2.13. The van der Waals surface area contributed by atoms with E-state index in [9.17, 15) is 22.8 Å². The molecule has 0 bridgehead atoms. The third kappa shape index (κ3) is 5.29. The van der Waals surface area contributed by atoms with Crippen LogP contribution in [0.4, 0.5) is 13.2 Å². The fraction of sp³-hybridized carbons (Fsp3) is 0.222. The average molecular weight is 419 g/mol. The second kappa shape index (κ2) is 8.83. The quantitative estimate of drug-likeness (QED) is 0.644. The number of halogens is 4. The summed E-state index contributed by atoms with van der Waals surface area (Å²) in [6, 6.07) is 6.56. The highest BCUT2D eigenvalue weighted by Gasteiger charge is 2.31. The number of carbonyl (C=O) groups excluding carboxylic acids is 2. The van der Waals surface area contributed by atoms with Crippen molar-refractivity contribution < 1.29 is 41.7 Å². The molecule has 10 heteroatoms. The number of ether oxygens (including phenoxy) is 4. The van der Waals surface area contributed by atoms with E-state index in [0.717, 1.165) is 25.3 Å². The van der Waals surface area contributed by atoms with Gasteiger partial charge in [-0.2, -0.15) is 13.2 Å². The van der Waals surface area contributed by atoms with Crippen LogP contribution < -0.4 is 9.47 Å². The molecule has 28 heavy (non-hydrogen) atoms. The highest BCUT2D eigenvalue weighted by molar-refractivity contribution is 6.32. The topological polar surface area (TPSA) is 71.1 Å². The Morgan fingerprint density at radius 3 is 2.25 bits per heavy atom. The summed E-state index contributed by atoms with van der Waals surface area (Å²) < 4.78 is 57.9. The van der Waals surface area contributed by atoms with Crippen molar-refractivity contribution in [2.75, 3.05) is 20.8 Å². The van der Waals surface area contributed by atoms with Gasteiger partial charge in [-0.25, -0.2) is 9.59 Å². The van der Waals surface area contributed by atoms with E-state index in [1.807, 2.05) is 0 Å². The van der Waals surface area contributed by atoms with Gasteiger partial charge in [0.15, 0.2) is 6.61 Å². The van der Waals surface area contributed by atoms with Crippen molar-refractivity contribution in [1.82, 2.24) is 0 Å². The highest BCUT2D eigenvalue weighted by Crippen LogP contribution is 2.37. The number of hydrogen-bond donors (Lipinski definition) is 0. The highest BCUT2D eigenvalue weighted by atomic mass is 35.5. The van der Waals surface area contributed by atoms with Crippen molar-refractivity contribution >= 4 is 23.5 Å². The lowest BCUT2D eigenvalue weighted by molar-refractivity contribution is -0.143. The molecule has 0 radical (unpaired) electrons. The lowest BCUT2D eigenvalue weighted by Crippen LogP contribution is -2.14. The second-order valence-electron chi connectivity index (χ2n) is 5.26. The maximum absolute atomic E-state index is 12.7. The van der Waals surface area contributed by atoms with E-state index in [1.54, 1.807) is 0 Å². The van der Waals surface area contributed by atoms with E-state index >= 15 is 0 Å². The van der Waals surface area contributed by atoms with Gasteiger partial charge < -0.3 is 18.9 Å². The molecule has 0 aromatic heterocycles. The van der Waals surface area contributed by atoms with Gasteiger partial charge in [-0.15, -0.1) is 0 Å². The normalized spacial score (nSPS) is 10.9. The van der Waals surface area contributed by atoms with E-state index in [1.165, 1.54) is 25.3 Å². The molecule has 0 amide bonds. The van der Waals surface area contributed by atoms with Gasteiger partial charge in [0, 0.05) is 0 Å². The van der Waals surface area contributed by atoms with Gasteiger partial charge in [-0.05, 0) is 36.4 Å². The largest absolute Gasteiger partial charge is 0.481 e. The van der Waals surface area contributed by atoms with Crippen molar-refractivity contribution in [2.45, 2.75) is 6.18 Å². The van der Waals surface area contributed by atoms with Crippen molar-refractivity contribution in [3.8, 4) is 17.2 Å². The summed E-state index contributed by atoms with van der Waals surface area (Å²) in [6.45, 7) is -0.439. The minimum Gasteiger partial charge on any atom is -0.481 e. The summed E-state index contributed by atoms with van der Waals surface area (Å²) in [7, 11) is 2.32. The minimum atomic E-state index is -4.54. The van der Waals surface area contributed by atoms with Crippen LogP contribution in [0, 0.1) is 0 Å². The Kier molecular flexibility index (Phi) is 6.74. The average Bonchev–Trinajstić information content (AvgIpc) is 2.66. The first-order valence-electron chi connectivity index (χ1n) is 7.62. The van der Waals surface area contributed by atoms with Crippen LogP contribution in [-0.2, 0) is 20.4 Å². The number of benzene rings is 2. The molecular weight excluding hydrogens is 405 g/mol. The summed E-state index contributed by atoms with van der Waals surface area (Å²) in [5, 5.41) is -0.263. The molecule has 2 aromatic rings. The zero-order valence-electron chi connectivity index (χ0n) is 14.6. The third-order valence-corrected chi connectivity index (χ3v) is 3.71. The molecule has 0 aliphatic carbocycles. The standard InChI is InChI=1S/C18H14ClF3O6/c1-25-16(23)9-27-14-6-4-11(8-12(14)17(24)26-2)28-15-5-3-10(7-13(15)19)18(20,21)22/h3-8H,9H2,1-2H3. The summed E-state index contributed by atoms with van der Waals surface area (Å²) in [5.41, 5.74) is -0.987. The van der Waals surface area contributed by atoms with E-state index < -0.39 is 30.3 Å². The number of hydrogen-bond acceptors (Lipinski definition) is 6. The van der Waals surface area contributed by atoms with Crippen LogP contribution in [0.2, 0.25) is 5.02 Å². The van der Waals surface area contributed by atoms with Crippen LogP contribution in [0.3, 0.4) is 0 Å². The molecule has 0 fully saturated rings. The molecule has 0 N–H and O–H groups in total. The summed E-state index contributed by atoms with van der Waals surface area (Å²) in [4.78, 5) is 23.1. The number of methoxy groups -OCH3 is 2. The van der Waals surface area contributed by atoms with E-state index in [2.05, 4.69) is 9.47 Å². The van der Waals surface area contributed by atoms with Gasteiger partial charge in [-0.1, -0.05) is 11.6 Å². The molecule has 0 spiro atoms. The molecule has 0 heterocycles. The first kappa shape index (κ1) is 21.4. The van der Waals surface area contributed by atoms with Gasteiger partial charge in [0.05, 0.1) is 24.8 Å². The zero-order chi connectivity index (χ0) is 20.9. The van der Waals surface area contributed by atoms with Crippen molar-refractivity contribution in [3.05, 3.63) is 52.5 Å². The Hall–Kier alpha value is -2.94. The molecule has 0 atom stereocenters. The minimum absolute atomic E-state index is 0.0307. The first-order chi connectivity index (χ1) is 13.2. The van der Waals surface area contributed by atoms with Crippen LogP contribution in [0.15, 0.2) is 36.4 Å². The molecule has 2 rings (SSSR count). The maximum atomic E-state index is 12.7. The molecule has 150 valence electrons. The van der Waals surface area contributed by atoms with Gasteiger partial charge in [-0.3, -0.25) is 0 Å². The van der Waals surface area contributed by atoms with Gasteiger partial charge in [0.25, 0.3) is 0 Å². The van der Waals surface area contributed by atoms with Crippen molar-refractivity contribution in [3.63, 3.8) is 0 Å². The number of carbonyl (C=O) groups is 2. The Morgan fingerprint density at radius 2 is 1.68 bits per heavy atom. The fourth-order valence-corrected chi connectivity index (χ4v) is 2.27.